The Morgan fingerprint density at radius 2 is 1.93 bits per heavy atom. The largest absolute Gasteiger partial charge is 0.467 e. The van der Waals surface area contributed by atoms with Crippen LogP contribution in [0.4, 0.5) is 4.39 Å². The Morgan fingerprint density at radius 1 is 1.19 bits per heavy atom. The summed E-state index contributed by atoms with van der Waals surface area (Å²) in [5, 5.41) is 2.73. The van der Waals surface area contributed by atoms with Crippen LogP contribution in [-0.4, -0.2) is 60.9 Å². The number of nitrogens with one attached hydrogen (secondary N) is 1. The van der Waals surface area contributed by atoms with Gasteiger partial charge in [0, 0.05) is 39.3 Å². The Morgan fingerprint density at radius 3 is 2.59 bits per heavy atom. The monoisotopic (exact) mass is 374 g/mol. The first kappa shape index (κ1) is 19.1. The van der Waals surface area contributed by atoms with Crippen LogP contribution in [0.1, 0.15) is 26.5 Å². The van der Waals surface area contributed by atoms with Gasteiger partial charge in [-0.25, -0.2) is 4.39 Å². The zero-order valence-electron chi connectivity index (χ0n) is 15.0. The third-order valence-electron chi connectivity index (χ3n) is 4.59. The average Bonchev–Trinajstić information content (AvgIpc) is 3.17. The maximum atomic E-state index is 13.6. The van der Waals surface area contributed by atoms with Crippen molar-refractivity contribution < 1.29 is 18.4 Å². The molecule has 2 aromatic rings. The minimum atomic E-state index is -0.529. The van der Waals surface area contributed by atoms with E-state index in [1.54, 1.807) is 23.1 Å². The summed E-state index contributed by atoms with van der Waals surface area (Å²) in [7, 11) is 0. The van der Waals surface area contributed by atoms with Gasteiger partial charge in [-0.1, -0.05) is 12.1 Å². The Kier molecular flexibility index (Phi) is 6.20. The van der Waals surface area contributed by atoms with Gasteiger partial charge in [-0.2, -0.15) is 0 Å². The van der Waals surface area contributed by atoms with Crippen LogP contribution < -0.4 is 11.1 Å². The number of carbonyl (C=O) groups is 2. The highest BCUT2D eigenvalue weighted by Gasteiger charge is 2.23. The van der Waals surface area contributed by atoms with Gasteiger partial charge < -0.3 is 20.4 Å². The first-order valence-electron chi connectivity index (χ1n) is 8.90. The molecule has 144 valence electrons. The third-order valence-corrected chi connectivity index (χ3v) is 4.59. The lowest BCUT2D eigenvalue weighted by Crippen LogP contribution is -2.50. The van der Waals surface area contributed by atoms with Crippen molar-refractivity contribution in [3.05, 3.63) is 59.3 Å². The van der Waals surface area contributed by atoms with Gasteiger partial charge >= 0.3 is 0 Å². The van der Waals surface area contributed by atoms with E-state index in [0.717, 1.165) is 0 Å². The van der Waals surface area contributed by atoms with Gasteiger partial charge in [0.1, 0.15) is 17.8 Å². The number of halogens is 1. The number of rotatable bonds is 6. The Balaban J connectivity index is 1.41. The molecule has 2 heterocycles. The van der Waals surface area contributed by atoms with Gasteiger partial charge in [-0.3, -0.25) is 14.5 Å². The molecule has 2 amide bonds. The molecule has 0 radical (unpaired) electrons. The second-order valence-electron chi connectivity index (χ2n) is 6.38. The smallest absolute Gasteiger partial charge is 0.257 e. The van der Waals surface area contributed by atoms with Crippen molar-refractivity contribution in [2.75, 3.05) is 39.3 Å². The van der Waals surface area contributed by atoms with Crippen LogP contribution in [0.2, 0.25) is 0 Å². The fourth-order valence-corrected chi connectivity index (χ4v) is 3.03. The summed E-state index contributed by atoms with van der Waals surface area (Å²) in [6.45, 7) is 3.95. The third kappa shape index (κ3) is 4.72. The van der Waals surface area contributed by atoms with Crippen molar-refractivity contribution in [1.82, 2.24) is 15.1 Å². The maximum Gasteiger partial charge on any atom is 0.257 e. The molecule has 0 unspecified atom stereocenters. The number of nitrogens with zero attached hydrogens (tertiary/aromatic N) is 2. The van der Waals surface area contributed by atoms with E-state index in [1.165, 1.54) is 18.4 Å². The fourth-order valence-electron chi connectivity index (χ4n) is 3.03. The molecule has 0 atom stereocenters. The number of furan rings is 1. The summed E-state index contributed by atoms with van der Waals surface area (Å²) in [5.74, 6) is -0.426. The molecule has 3 N–H and O–H groups in total. The Bertz CT molecular complexity index is 800. The summed E-state index contributed by atoms with van der Waals surface area (Å²) in [5.41, 5.74) is 6.06. The van der Waals surface area contributed by atoms with Crippen LogP contribution in [0.15, 0.2) is 41.0 Å². The first-order valence-corrected chi connectivity index (χ1v) is 8.90. The van der Waals surface area contributed by atoms with Gasteiger partial charge in [0.15, 0.2) is 0 Å². The summed E-state index contributed by atoms with van der Waals surface area (Å²) in [4.78, 5) is 28.4. The number of carbonyl (C=O) groups excluding carboxylic acids is 2. The standard InChI is InChI=1S/C19H23FN4O3/c20-17-4-2-1-3-16(17)18(25)22-5-6-23-7-9-24(10-8-23)19(26)14-11-15(12-21)27-13-14/h1-4,11,13H,5-10,12,21H2,(H,22,25). The Hall–Kier alpha value is -2.71. The van der Waals surface area contributed by atoms with Gasteiger partial charge in [-0.05, 0) is 18.2 Å². The van der Waals surface area contributed by atoms with Crippen molar-refractivity contribution in [1.29, 1.82) is 0 Å². The van der Waals surface area contributed by atoms with E-state index < -0.39 is 11.7 Å². The molecule has 1 saturated heterocycles. The highest BCUT2D eigenvalue weighted by molar-refractivity contribution is 5.94. The maximum absolute atomic E-state index is 13.6. The van der Waals surface area contributed by atoms with Gasteiger partial charge in [0.2, 0.25) is 0 Å². The molecule has 8 heteroatoms. The predicted octanol–water partition coefficient (Wildman–Crippen LogP) is 1.07. The summed E-state index contributed by atoms with van der Waals surface area (Å²) < 4.78 is 18.8. The van der Waals surface area contributed by atoms with Crippen molar-refractivity contribution in [3.63, 3.8) is 0 Å². The van der Waals surface area contributed by atoms with E-state index >= 15 is 0 Å². The summed E-state index contributed by atoms with van der Waals surface area (Å²) in [6, 6.07) is 7.58. The van der Waals surface area contributed by atoms with Crippen LogP contribution in [-0.2, 0) is 6.54 Å². The van der Waals surface area contributed by atoms with Crippen molar-refractivity contribution in [3.8, 4) is 0 Å². The van der Waals surface area contributed by atoms with Gasteiger partial charge in [0.05, 0.1) is 17.7 Å². The van der Waals surface area contributed by atoms with Crippen LogP contribution in [0.25, 0.3) is 0 Å². The molecule has 0 aliphatic carbocycles. The lowest BCUT2D eigenvalue weighted by molar-refractivity contribution is 0.0637. The second kappa shape index (κ2) is 8.79. The van der Waals surface area contributed by atoms with Gasteiger partial charge in [-0.15, -0.1) is 0 Å². The fraction of sp³-hybridized carbons (Fsp3) is 0.368. The topological polar surface area (TPSA) is 91.8 Å². The molecular weight excluding hydrogens is 351 g/mol. The molecule has 1 aromatic heterocycles. The van der Waals surface area contributed by atoms with Gasteiger partial charge in [0.25, 0.3) is 11.8 Å². The SMILES string of the molecule is NCc1cc(C(=O)N2CCN(CCNC(=O)c3ccccc3F)CC2)co1. The van der Waals surface area contributed by atoms with Crippen LogP contribution >= 0.6 is 0 Å². The van der Waals surface area contributed by atoms with E-state index in [9.17, 15) is 14.0 Å². The number of nitrogens with two attached hydrogens (primary N) is 1. The Labute approximate surface area is 156 Å². The normalized spacial score (nSPS) is 15.0. The second-order valence-corrected chi connectivity index (χ2v) is 6.38. The lowest BCUT2D eigenvalue weighted by Gasteiger charge is -2.34. The molecule has 1 aliphatic rings. The van der Waals surface area contributed by atoms with E-state index in [4.69, 9.17) is 10.2 Å². The zero-order chi connectivity index (χ0) is 19.2. The average molecular weight is 374 g/mol. The summed E-state index contributed by atoms with van der Waals surface area (Å²) >= 11 is 0. The predicted molar refractivity (Wildman–Crippen MR) is 97.7 cm³/mol. The molecule has 1 fully saturated rings. The number of amides is 2. The number of piperazine rings is 1. The van der Waals surface area contributed by atoms with E-state index in [2.05, 4.69) is 10.2 Å². The van der Waals surface area contributed by atoms with Crippen molar-refractivity contribution >= 4 is 11.8 Å². The highest BCUT2D eigenvalue weighted by atomic mass is 19.1. The van der Waals surface area contributed by atoms with Crippen LogP contribution in [0.5, 0.6) is 0 Å². The summed E-state index contributed by atoms with van der Waals surface area (Å²) in [6.07, 6.45) is 1.44. The molecule has 27 heavy (non-hydrogen) atoms. The molecule has 1 aliphatic heterocycles. The minimum Gasteiger partial charge on any atom is -0.467 e. The van der Waals surface area contributed by atoms with E-state index in [0.29, 0.717) is 50.6 Å². The molecular formula is C19H23FN4O3. The molecule has 7 nitrogen and oxygen atoms in total. The molecule has 1 aromatic carbocycles. The van der Waals surface area contributed by atoms with Crippen LogP contribution in [0, 0.1) is 5.82 Å². The molecule has 0 bridgehead atoms. The van der Waals surface area contributed by atoms with Crippen LogP contribution in [0.3, 0.4) is 0 Å². The lowest BCUT2D eigenvalue weighted by atomic mass is 10.2. The minimum absolute atomic E-state index is 0.0462. The quantitative estimate of drug-likeness (QED) is 0.789. The zero-order valence-corrected chi connectivity index (χ0v) is 15.0. The van der Waals surface area contributed by atoms with Crippen molar-refractivity contribution in [2.45, 2.75) is 6.54 Å². The number of hydrogen-bond acceptors (Lipinski definition) is 5. The highest BCUT2D eigenvalue weighted by Crippen LogP contribution is 2.12. The molecule has 3 rings (SSSR count). The number of hydrogen-bond donors (Lipinski definition) is 2. The first-order chi connectivity index (χ1) is 13.1. The van der Waals surface area contributed by atoms with E-state index in [1.807, 2.05) is 0 Å². The molecule has 0 saturated carbocycles. The molecule has 0 spiro atoms. The van der Waals surface area contributed by atoms with Crippen molar-refractivity contribution in [2.24, 2.45) is 5.73 Å². The van der Waals surface area contributed by atoms with E-state index in [-0.39, 0.29) is 18.0 Å². The number of benzene rings is 1.